The molecule has 0 saturated heterocycles. The van der Waals surface area contributed by atoms with Gasteiger partial charge in [-0.2, -0.15) is 8.78 Å². The fourth-order valence-corrected chi connectivity index (χ4v) is 1.27. The summed E-state index contributed by atoms with van der Waals surface area (Å²) in [6, 6.07) is 5.82. The Kier molecular flexibility index (Phi) is 4.28. The molecule has 1 nitrogen and oxygen atoms in total. The first-order valence-corrected chi connectivity index (χ1v) is 5.51. The summed E-state index contributed by atoms with van der Waals surface area (Å²) in [4.78, 5) is 0. The summed E-state index contributed by atoms with van der Waals surface area (Å²) in [5.41, 5.74) is -1.97. The van der Waals surface area contributed by atoms with Gasteiger partial charge in [0, 0.05) is 5.33 Å². The van der Waals surface area contributed by atoms with Crippen LogP contribution in [0.1, 0.15) is 5.56 Å². The van der Waals surface area contributed by atoms with E-state index in [1.54, 1.807) is 12.1 Å². The summed E-state index contributed by atoms with van der Waals surface area (Å²) >= 11 is 7.83. The average molecular weight is 304 g/mol. The number of hydrogen-bond donors (Lipinski definition) is 0. The molecule has 84 valence electrons. The number of alkyl halides is 5. The molecule has 1 aromatic carbocycles. The van der Waals surface area contributed by atoms with Crippen molar-refractivity contribution in [2.75, 3.05) is 0 Å². The van der Waals surface area contributed by atoms with E-state index in [1.807, 2.05) is 0 Å². The van der Waals surface area contributed by atoms with E-state index in [0.717, 1.165) is 5.56 Å². The molecule has 1 aromatic rings. The Morgan fingerprint density at radius 3 is 2.27 bits per heavy atom. The van der Waals surface area contributed by atoms with Crippen molar-refractivity contribution < 1.29 is 17.9 Å². The molecule has 0 aliphatic rings. The van der Waals surface area contributed by atoms with Crippen molar-refractivity contribution in [3.63, 3.8) is 0 Å². The van der Waals surface area contributed by atoms with Crippen molar-refractivity contribution >= 4 is 27.5 Å². The summed E-state index contributed by atoms with van der Waals surface area (Å²) in [5.74, 6) is -0.131. The number of halogens is 5. The zero-order valence-electron chi connectivity index (χ0n) is 7.39. The van der Waals surface area contributed by atoms with Crippen LogP contribution < -0.4 is 4.74 Å². The number of ether oxygens (including phenoxy) is 1. The summed E-state index contributed by atoms with van der Waals surface area (Å²) in [6.07, 6.45) is -4.02. The van der Waals surface area contributed by atoms with Gasteiger partial charge in [-0.05, 0) is 17.7 Å². The van der Waals surface area contributed by atoms with Gasteiger partial charge in [0.05, 0.1) is 0 Å². The Bertz CT molecular complexity index is 316. The van der Waals surface area contributed by atoms with Gasteiger partial charge in [0.25, 0.3) is 5.63 Å². The Balaban J connectivity index is 2.73. The lowest BCUT2D eigenvalue weighted by Crippen LogP contribution is -2.32. The van der Waals surface area contributed by atoms with Crippen LogP contribution >= 0.6 is 27.5 Å². The maximum absolute atomic E-state index is 12.7. The standard InChI is InChI=1S/C9H7BrClF3O/c10-5-6-1-3-7(4-2-6)15-9(13,14)8(11)12/h1-4,8H,5H2. The maximum Gasteiger partial charge on any atom is 0.444 e. The van der Waals surface area contributed by atoms with E-state index in [4.69, 9.17) is 0 Å². The summed E-state index contributed by atoms with van der Waals surface area (Å²) in [6.45, 7) is 0. The maximum atomic E-state index is 12.7. The van der Waals surface area contributed by atoms with Crippen LogP contribution in [0, 0.1) is 0 Å². The van der Waals surface area contributed by atoms with E-state index in [2.05, 4.69) is 32.3 Å². The van der Waals surface area contributed by atoms with Crippen LogP contribution in [0.25, 0.3) is 0 Å². The first-order chi connectivity index (χ1) is 6.95. The van der Waals surface area contributed by atoms with Gasteiger partial charge in [0.1, 0.15) is 5.75 Å². The monoisotopic (exact) mass is 302 g/mol. The second-order valence-corrected chi connectivity index (χ2v) is 3.69. The summed E-state index contributed by atoms with van der Waals surface area (Å²) in [5, 5.41) is 0.602. The highest BCUT2D eigenvalue weighted by Crippen LogP contribution is 2.28. The van der Waals surface area contributed by atoms with Gasteiger partial charge in [0.2, 0.25) is 0 Å². The molecule has 15 heavy (non-hydrogen) atoms. The minimum Gasteiger partial charge on any atom is -0.429 e. The predicted octanol–water partition coefficient (Wildman–Crippen LogP) is 4.09. The van der Waals surface area contributed by atoms with Gasteiger partial charge in [-0.1, -0.05) is 39.7 Å². The van der Waals surface area contributed by atoms with Crippen molar-refractivity contribution in [3.05, 3.63) is 29.8 Å². The number of hydrogen-bond acceptors (Lipinski definition) is 1. The van der Waals surface area contributed by atoms with Gasteiger partial charge < -0.3 is 4.74 Å². The first kappa shape index (κ1) is 12.6. The molecule has 0 aliphatic carbocycles. The molecule has 0 radical (unpaired) electrons. The Morgan fingerprint density at radius 2 is 1.87 bits per heavy atom. The predicted molar refractivity (Wildman–Crippen MR) is 55.4 cm³/mol. The molecule has 1 atom stereocenters. The van der Waals surface area contributed by atoms with E-state index >= 15 is 0 Å². The van der Waals surface area contributed by atoms with E-state index in [-0.39, 0.29) is 5.75 Å². The second-order valence-electron chi connectivity index (χ2n) is 2.74. The van der Waals surface area contributed by atoms with Crippen LogP contribution in [0.5, 0.6) is 5.75 Å². The topological polar surface area (TPSA) is 9.23 Å². The fraction of sp³-hybridized carbons (Fsp3) is 0.333. The number of benzene rings is 1. The molecule has 0 N–H and O–H groups in total. The van der Waals surface area contributed by atoms with E-state index in [0.29, 0.717) is 5.33 Å². The van der Waals surface area contributed by atoms with Crippen molar-refractivity contribution in [2.24, 2.45) is 0 Å². The van der Waals surface area contributed by atoms with Crippen LogP contribution in [0.15, 0.2) is 24.3 Å². The Morgan fingerprint density at radius 1 is 1.33 bits per heavy atom. The third kappa shape index (κ3) is 3.57. The van der Waals surface area contributed by atoms with E-state index in [1.165, 1.54) is 12.1 Å². The van der Waals surface area contributed by atoms with Crippen LogP contribution in [0.2, 0.25) is 0 Å². The van der Waals surface area contributed by atoms with E-state index < -0.39 is 11.7 Å². The van der Waals surface area contributed by atoms with Gasteiger partial charge in [-0.25, -0.2) is 4.39 Å². The molecule has 0 saturated carbocycles. The molecule has 0 fully saturated rings. The zero-order valence-corrected chi connectivity index (χ0v) is 9.73. The fourth-order valence-electron chi connectivity index (χ4n) is 0.848. The molecule has 0 heterocycles. The summed E-state index contributed by atoms with van der Waals surface area (Å²) in [7, 11) is 0. The summed E-state index contributed by atoms with van der Waals surface area (Å²) < 4.78 is 41.7. The van der Waals surface area contributed by atoms with Crippen LogP contribution in [0.4, 0.5) is 13.2 Å². The van der Waals surface area contributed by atoms with Gasteiger partial charge in [-0.3, -0.25) is 0 Å². The molecule has 0 aliphatic heterocycles. The SMILES string of the molecule is FC(Cl)C(F)(F)Oc1ccc(CBr)cc1. The lowest BCUT2D eigenvalue weighted by molar-refractivity contribution is -0.199. The van der Waals surface area contributed by atoms with Crippen molar-refractivity contribution in [1.29, 1.82) is 0 Å². The van der Waals surface area contributed by atoms with Gasteiger partial charge in [-0.15, -0.1) is 0 Å². The third-order valence-corrected chi connectivity index (χ3v) is 2.49. The Labute approximate surface area is 98.3 Å². The first-order valence-electron chi connectivity index (χ1n) is 3.95. The zero-order chi connectivity index (χ0) is 11.5. The number of rotatable bonds is 4. The molecular formula is C9H7BrClF3O. The Hall–Kier alpha value is -0.420. The van der Waals surface area contributed by atoms with Gasteiger partial charge in [0.15, 0.2) is 0 Å². The lowest BCUT2D eigenvalue weighted by Gasteiger charge is -2.17. The highest BCUT2D eigenvalue weighted by atomic mass is 79.9. The average Bonchev–Trinajstić information content (AvgIpc) is 2.18. The lowest BCUT2D eigenvalue weighted by atomic mass is 10.2. The highest BCUT2D eigenvalue weighted by molar-refractivity contribution is 9.08. The molecular weight excluding hydrogens is 296 g/mol. The second kappa shape index (κ2) is 5.07. The quantitative estimate of drug-likeness (QED) is 0.761. The van der Waals surface area contributed by atoms with Gasteiger partial charge >= 0.3 is 6.11 Å². The minimum atomic E-state index is -4.02. The smallest absolute Gasteiger partial charge is 0.429 e. The van der Waals surface area contributed by atoms with Crippen LogP contribution in [0.3, 0.4) is 0 Å². The van der Waals surface area contributed by atoms with E-state index in [9.17, 15) is 13.2 Å². The normalized spacial score (nSPS) is 13.7. The van der Waals surface area contributed by atoms with Crippen LogP contribution in [-0.2, 0) is 5.33 Å². The van der Waals surface area contributed by atoms with Crippen LogP contribution in [-0.4, -0.2) is 11.7 Å². The van der Waals surface area contributed by atoms with Crippen molar-refractivity contribution in [1.82, 2.24) is 0 Å². The van der Waals surface area contributed by atoms with Crippen molar-refractivity contribution in [2.45, 2.75) is 17.1 Å². The highest BCUT2D eigenvalue weighted by Gasteiger charge is 2.42. The molecule has 0 bridgehead atoms. The molecule has 0 amide bonds. The molecule has 0 spiro atoms. The molecule has 0 aromatic heterocycles. The molecule has 6 heteroatoms. The minimum absolute atomic E-state index is 0.131. The molecule has 1 rings (SSSR count). The molecule has 1 unspecified atom stereocenters. The third-order valence-electron chi connectivity index (χ3n) is 1.59. The van der Waals surface area contributed by atoms with Crippen molar-refractivity contribution in [3.8, 4) is 5.75 Å². The largest absolute Gasteiger partial charge is 0.444 e.